The van der Waals surface area contributed by atoms with Crippen molar-refractivity contribution >= 4 is 75.8 Å². The van der Waals surface area contributed by atoms with Gasteiger partial charge in [0.2, 0.25) is 5.91 Å². The first-order chi connectivity index (χ1) is 19.9. The van der Waals surface area contributed by atoms with Crippen LogP contribution in [0.4, 0.5) is 11.5 Å². The normalized spacial score (nSPS) is 10.7. The molecule has 0 bridgehead atoms. The van der Waals surface area contributed by atoms with Gasteiger partial charge in [-0.25, -0.2) is 4.98 Å². The van der Waals surface area contributed by atoms with Gasteiger partial charge in [-0.05, 0) is 60.9 Å². The molecule has 4 aromatic rings. The summed E-state index contributed by atoms with van der Waals surface area (Å²) in [4.78, 5) is 38.1. The molecule has 0 fully saturated rings. The van der Waals surface area contributed by atoms with Gasteiger partial charge in [0, 0.05) is 55.5 Å². The number of aromatic nitrogens is 3. The van der Waals surface area contributed by atoms with Gasteiger partial charge in [-0.3, -0.25) is 15.0 Å². The van der Waals surface area contributed by atoms with Crippen LogP contribution in [0.3, 0.4) is 0 Å². The monoisotopic (exact) mass is 632 g/mol. The molecule has 4 rings (SSSR count). The molecule has 0 radical (unpaired) electrons. The van der Waals surface area contributed by atoms with E-state index in [1.165, 1.54) is 5.56 Å². The Kier molecular flexibility index (Phi) is 12.5. The number of amides is 2. The fourth-order valence-electron chi connectivity index (χ4n) is 4.41. The van der Waals surface area contributed by atoms with E-state index in [-0.39, 0.29) is 30.1 Å². The molecule has 2 aromatic carbocycles. The molecular formula is C29H35Cl3N8O2. The minimum absolute atomic E-state index is 0. The summed E-state index contributed by atoms with van der Waals surface area (Å²) >= 11 is 11.8. The number of aromatic amines is 2. The molecule has 7 N–H and O–H groups in total. The first-order valence-electron chi connectivity index (χ1n) is 13.4. The van der Waals surface area contributed by atoms with E-state index in [1.54, 1.807) is 24.3 Å². The number of benzene rings is 2. The molecule has 13 heteroatoms. The number of nitrogens with two attached hydrogens (primary N) is 1. The highest BCUT2D eigenvalue weighted by molar-refractivity contribution is 6.18. The van der Waals surface area contributed by atoms with Crippen LogP contribution in [0.2, 0.25) is 0 Å². The van der Waals surface area contributed by atoms with E-state index >= 15 is 0 Å². The number of anilines is 2. The zero-order valence-corrected chi connectivity index (χ0v) is 25.3. The van der Waals surface area contributed by atoms with Crippen LogP contribution in [-0.4, -0.2) is 64.0 Å². The number of aryl methyl sites for hydroxylation is 1. The Morgan fingerprint density at radius 2 is 1.71 bits per heavy atom. The molecule has 0 aliphatic heterocycles. The molecule has 224 valence electrons. The largest absolute Gasteiger partial charge is 0.388 e. The molecule has 0 aliphatic rings. The standard InChI is InChI=1S/C29H34Cl2N8O2.ClH/c30-13-16-39(17-14-31)21-7-4-19(5-8-21)2-1-3-27(40)38-26-11-10-23(35-26)28-36-22-9-6-20(18-24(22)37-28)29(41)34-15-12-25(32)33;/h4-11,18,35H,1-3,12-17H2,(H3,32,33)(H,34,41)(H,36,37)(H,38,40);1H. The number of fused-ring (bicyclic) bond motifs is 1. The highest BCUT2D eigenvalue weighted by Gasteiger charge is 2.12. The van der Waals surface area contributed by atoms with Gasteiger partial charge < -0.3 is 31.2 Å². The number of imidazole rings is 1. The Bertz CT molecular complexity index is 1480. The van der Waals surface area contributed by atoms with E-state index in [4.69, 9.17) is 34.3 Å². The predicted molar refractivity (Wildman–Crippen MR) is 174 cm³/mol. The van der Waals surface area contributed by atoms with Crippen LogP contribution in [0.15, 0.2) is 54.6 Å². The summed E-state index contributed by atoms with van der Waals surface area (Å²) in [5, 5.41) is 12.9. The Balaban J connectivity index is 0.00000484. The Morgan fingerprint density at radius 3 is 2.40 bits per heavy atom. The van der Waals surface area contributed by atoms with Crippen molar-refractivity contribution in [2.24, 2.45) is 5.73 Å². The molecule has 0 aliphatic carbocycles. The Morgan fingerprint density at radius 1 is 0.976 bits per heavy atom. The van der Waals surface area contributed by atoms with Crippen LogP contribution in [0.25, 0.3) is 22.6 Å². The average Bonchev–Trinajstić information content (AvgIpc) is 3.59. The van der Waals surface area contributed by atoms with Crippen molar-refractivity contribution in [1.82, 2.24) is 20.3 Å². The summed E-state index contributed by atoms with van der Waals surface area (Å²) in [5.74, 6) is 1.95. The lowest BCUT2D eigenvalue weighted by molar-refractivity contribution is -0.116. The van der Waals surface area contributed by atoms with Crippen LogP contribution in [-0.2, 0) is 11.2 Å². The van der Waals surface area contributed by atoms with Crippen molar-refractivity contribution in [1.29, 1.82) is 5.41 Å². The maximum atomic E-state index is 12.5. The molecule has 0 saturated carbocycles. The zero-order valence-electron chi connectivity index (χ0n) is 23.0. The fourth-order valence-corrected chi connectivity index (χ4v) is 4.81. The van der Waals surface area contributed by atoms with Gasteiger partial charge in [0.15, 0.2) is 5.82 Å². The number of rotatable bonds is 15. The summed E-state index contributed by atoms with van der Waals surface area (Å²) in [6.07, 6.45) is 2.21. The van der Waals surface area contributed by atoms with Crippen LogP contribution in [0.5, 0.6) is 0 Å². The molecule has 0 atom stereocenters. The molecule has 2 aromatic heterocycles. The van der Waals surface area contributed by atoms with Gasteiger partial charge in [-0.2, -0.15) is 0 Å². The van der Waals surface area contributed by atoms with Crippen molar-refractivity contribution in [3.8, 4) is 11.5 Å². The van der Waals surface area contributed by atoms with Crippen LogP contribution < -0.4 is 21.3 Å². The van der Waals surface area contributed by atoms with E-state index in [0.29, 0.717) is 59.6 Å². The van der Waals surface area contributed by atoms with E-state index in [9.17, 15) is 9.59 Å². The van der Waals surface area contributed by atoms with Crippen LogP contribution >= 0.6 is 35.6 Å². The van der Waals surface area contributed by atoms with Crippen LogP contribution in [0.1, 0.15) is 35.2 Å². The number of nitrogens with one attached hydrogen (secondary N) is 5. The number of H-pyrrole nitrogens is 2. The summed E-state index contributed by atoms with van der Waals surface area (Å²) in [7, 11) is 0. The van der Waals surface area contributed by atoms with Gasteiger partial charge in [0.05, 0.1) is 22.6 Å². The van der Waals surface area contributed by atoms with Crippen molar-refractivity contribution in [2.45, 2.75) is 25.7 Å². The Hall–Kier alpha value is -3.73. The molecule has 0 spiro atoms. The van der Waals surface area contributed by atoms with E-state index in [0.717, 1.165) is 37.1 Å². The average molecular weight is 634 g/mol. The third kappa shape index (κ3) is 9.14. The molecule has 2 heterocycles. The lowest BCUT2D eigenvalue weighted by Crippen LogP contribution is -2.27. The molecule has 42 heavy (non-hydrogen) atoms. The third-order valence-electron chi connectivity index (χ3n) is 6.52. The smallest absolute Gasteiger partial charge is 0.251 e. The number of carbonyl (C=O) groups excluding carboxylic acids is 2. The zero-order chi connectivity index (χ0) is 29.2. The number of nitrogens with zero attached hydrogens (tertiary/aromatic N) is 2. The first kappa shape index (κ1) is 32.8. The Labute approximate surface area is 260 Å². The maximum Gasteiger partial charge on any atom is 0.251 e. The second kappa shape index (κ2) is 16.1. The number of halogens is 3. The number of amidine groups is 1. The second-order valence-electron chi connectivity index (χ2n) is 9.57. The van der Waals surface area contributed by atoms with Crippen molar-refractivity contribution in [3.63, 3.8) is 0 Å². The second-order valence-corrected chi connectivity index (χ2v) is 10.3. The molecule has 0 unspecified atom stereocenters. The minimum atomic E-state index is -0.254. The van der Waals surface area contributed by atoms with Gasteiger partial charge in [0.1, 0.15) is 5.82 Å². The molecule has 2 amide bonds. The maximum absolute atomic E-state index is 12.5. The number of alkyl halides is 2. The summed E-state index contributed by atoms with van der Waals surface area (Å²) < 4.78 is 0. The lowest BCUT2D eigenvalue weighted by atomic mass is 10.1. The highest BCUT2D eigenvalue weighted by atomic mass is 35.5. The van der Waals surface area contributed by atoms with Crippen molar-refractivity contribution in [3.05, 3.63) is 65.7 Å². The number of hydrogen-bond acceptors (Lipinski definition) is 5. The molecular weight excluding hydrogens is 599 g/mol. The third-order valence-corrected chi connectivity index (χ3v) is 6.86. The van der Waals surface area contributed by atoms with E-state index < -0.39 is 0 Å². The molecule has 0 saturated heterocycles. The summed E-state index contributed by atoms with van der Waals surface area (Å²) in [6, 6.07) is 17.1. The predicted octanol–water partition coefficient (Wildman–Crippen LogP) is 5.28. The number of hydrogen-bond donors (Lipinski definition) is 6. The number of carbonyl (C=O) groups is 2. The van der Waals surface area contributed by atoms with Crippen molar-refractivity contribution < 1.29 is 9.59 Å². The minimum Gasteiger partial charge on any atom is -0.388 e. The summed E-state index contributed by atoms with van der Waals surface area (Å²) in [5.41, 5.74) is 10.2. The summed E-state index contributed by atoms with van der Waals surface area (Å²) in [6.45, 7) is 1.79. The fraction of sp³-hybridized carbons (Fsp3) is 0.310. The molecule has 10 nitrogen and oxygen atoms in total. The van der Waals surface area contributed by atoms with Gasteiger partial charge in [0.25, 0.3) is 5.91 Å². The van der Waals surface area contributed by atoms with E-state index in [1.807, 2.05) is 6.07 Å². The lowest BCUT2D eigenvalue weighted by Gasteiger charge is -2.23. The van der Waals surface area contributed by atoms with Gasteiger partial charge in [-0.1, -0.05) is 12.1 Å². The van der Waals surface area contributed by atoms with Gasteiger partial charge in [-0.15, -0.1) is 35.6 Å². The highest BCUT2D eigenvalue weighted by Crippen LogP contribution is 2.23. The topological polar surface area (TPSA) is 156 Å². The van der Waals surface area contributed by atoms with E-state index in [2.05, 4.69) is 54.8 Å². The van der Waals surface area contributed by atoms with Crippen molar-refractivity contribution in [2.75, 3.05) is 41.6 Å². The quantitative estimate of drug-likeness (QED) is 0.0597. The SMILES string of the molecule is Cl.N=C(N)CCNC(=O)c1ccc2[nH]c(-c3ccc(NC(=O)CCCc4ccc(N(CCCl)CCCl)cc4)[nH]3)nc2c1. The first-order valence-corrected chi connectivity index (χ1v) is 14.5. The van der Waals surface area contributed by atoms with Gasteiger partial charge >= 0.3 is 0 Å². The van der Waals surface area contributed by atoms with Crippen LogP contribution in [0, 0.1) is 5.41 Å².